The molecule has 1 aromatic carbocycles. The van der Waals surface area contributed by atoms with E-state index >= 15 is 0 Å². The predicted octanol–water partition coefficient (Wildman–Crippen LogP) is 3.62. The van der Waals surface area contributed by atoms with Crippen LogP contribution >= 0.6 is 11.3 Å². The van der Waals surface area contributed by atoms with E-state index in [9.17, 15) is 26.0 Å². The molecule has 10 nitrogen and oxygen atoms in total. The van der Waals surface area contributed by atoms with E-state index in [4.69, 9.17) is 9.57 Å². The lowest BCUT2D eigenvalue weighted by Crippen LogP contribution is -2.43. The molecule has 5 rings (SSSR count). The highest BCUT2D eigenvalue weighted by Crippen LogP contribution is 2.45. The number of benzene rings is 1. The number of hydrogen-bond acceptors (Lipinski definition) is 9. The number of sulfone groups is 1. The number of hydroxylamine groups is 1. The average molecular weight is 624 g/mol. The summed E-state index contributed by atoms with van der Waals surface area (Å²) in [6, 6.07) is 12.1. The van der Waals surface area contributed by atoms with E-state index in [0.29, 0.717) is 28.3 Å². The van der Waals surface area contributed by atoms with Gasteiger partial charge < -0.3 is 4.74 Å². The van der Waals surface area contributed by atoms with Gasteiger partial charge in [-0.25, -0.2) is 31.5 Å². The van der Waals surface area contributed by atoms with Gasteiger partial charge in [0.05, 0.1) is 12.2 Å². The Morgan fingerprint density at radius 1 is 1.17 bits per heavy atom. The van der Waals surface area contributed by atoms with E-state index in [0.717, 1.165) is 17.1 Å². The fourth-order valence-electron chi connectivity index (χ4n) is 5.02. The summed E-state index contributed by atoms with van der Waals surface area (Å²) in [6.07, 6.45) is 3.76. The van der Waals surface area contributed by atoms with Crippen molar-refractivity contribution in [3.63, 3.8) is 0 Å². The Morgan fingerprint density at radius 3 is 2.68 bits per heavy atom. The van der Waals surface area contributed by atoms with Crippen LogP contribution in [0.15, 0.2) is 65.8 Å². The monoisotopic (exact) mass is 623 g/mol. The number of thiophene rings is 1. The van der Waals surface area contributed by atoms with Gasteiger partial charge in [0.15, 0.2) is 16.1 Å². The minimum Gasteiger partial charge on any atom is -0.350 e. The van der Waals surface area contributed by atoms with Crippen LogP contribution in [0.2, 0.25) is 0 Å². The second kappa shape index (κ2) is 12.2. The van der Waals surface area contributed by atoms with Gasteiger partial charge in [-0.3, -0.25) is 9.78 Å². The minimum atomic E-state index is -4.08. The second-order valence-electron chi connectivity index (χ2n) is 9.94. The number of carbonyl (C=O) groups is 1. The van der Waals surface area contributed by atoms with Crippen LogP contribution in [0.25, 0.3) is 10.4 Å². The number of sulfonamides is 1. The number of nitrogens with zero attached hydrogens (tertiary/aromatic N) is 2. The number of ether oxygens (including phenoxy) is 1. The molecule has 1 amide bonds. The highest BCUT2D eigenvalue weighted by Gasteiger charge is 2.50. The molecule has 2 saturated heterocycles. The predicted molar refractivity (Wildman–Crippen MR) is 150 cm³/mol. The fourth-order valence-corrected chi connectivity index (χ4v) is 10.2. The van der Waals surface area contributed by atoms with Crippen molar-refractivity contribution in [3.8, 4) is 10.4 Å². The van der Waals surface area contributed by atoms with Gasteiger partial charge in [-0.15, -0.1) is 11.3 Å². The SMILES string of the molecule is O=C(CC1(c2ccc(-c3ccc(F)cc3)s2)CCN(S(=O)(=O)c2cccnc2)CCS1(=O)=O)NOC1CCCCO1. The van der Waals surface area contributed by atoms with Crippen LogP contribution in [0, 0.1) is 5.82 Å². The number of nitrogens with one attached hydrogen (secondary N) is 1. The Hall–Kier alpha value is -2.75. The molecule has 0 spiro atoms. The molecule has 0 aliphatic carbocycles. The molecule has 3 aromatic rings. The van der Waals surface area contributed by atoms with E-state index in [-0.39, 0.29) is 24.4 Å². The summed E-state index contributed by atoms with van der Waals surface area (Å²) >= 11 is 1.18. The van der Waals surface area contributed by atoms with Crippen molar-refractivity contribution in [2.45, 2.75) is 48.0 Å². The molecule has 2 aliphatic heterocycles. The van der Waals surface area contributed by atoms with Gasteiger partial charge >= 0.3 is 0 Å². The number of hydrogen-bond donors (Lipinski definition) is 1. The van der Waals surface area contributed by atoms with E-state index < -0.39 is 54.8 Å². The van der Waals surface area contributed by atoms with Gasteiger partial charge in [0.1, 0.15) is 15.5 Å². The molecule has 2 unspecified atom stereocenters. The molecule has 2 atom stereocenters. The first-order chi connectivity index (χ1) is 19.6. The van der Waals surface area contributed by atoms with Gasteiger partial charge in [0.2, 0.25) is 15.9 Å². The summed E-state index contributed by atoms with van der Waals surface area (Å²) in [5.41, 5.74) is 3.05. The molecule has 4 heterocycles. The van der Waals surface area contributed by atoms with Gasteiger partial charge in [0, 0.05) is 48.3 Å². The number of aromatic nitrogens is 1. The Balaban J connectivity index is 1.48. The fraction of sp³-hybridized carbons (Fsp3) is 0.407. The molecule has 14 heteroatoms. The zero-order chi connectivity index (χ0) is 29.1. The summed E-state index contributed by atoms with van der Waals surface area (Å²) in [5, 5.41) is 0. The molecule has 1 N–H and O–H groups in total. The first-order valence-electron chi connectivity index (χ1n) is 13.2. The lowest BCUT2D eigenvalue weighted by molar-refractivity contribution is -0.200. The van der Waals surface area contributed by atoms with E-state index in [2.05, 4.69) is 10.5 Å². The third-order valence-electron chi connectivity index (χ3n) is 7.31. The maximum absolute atomic E-state index is 14.0. The van der Waals surface area contributed by atoms with Crippen molar-refractivity contribution in [1.29, 1.82) is 0 Å². The van der Waals surface area contributed by atoms with E-state index in [1.165, 1.54) is 48.0 Å². The molecule has 220 valence electrons. The largest absolute Gasteiger partial charge is 0.350 e. The number of pyridine rings is 1. The number of halogens is 1. The Bertz CT molecular complexity index is 1580. The van der Waals surface area contributed by atoms with Crippen LogP contribution in [0.5, 0.6) is 0 Å². The minimum absolute atomic E-state index is 0.0433. The second-order valence-corrected chi connectivity index (χ2v) is 15.4. The van der Waals surface area contributed by atoms with Crippen molar-refractivity contribution >= 4 is 37.1 Å². The molecule has 0 radical (unpaired) electrons. The zero-order valence-corrected chi connectivity index (χ0v) is 24.5. The van der Waals surface area contributed by atoms with E-state index in [1.54, 1.807) is 24.3 Å². The van der Waals surface area contributed by atoms with Gasteiger partial charge in [-0.1, -0.05) is 12.1 Å². The quantitative estimate of drug-likeness (QED) is 0.377. The first-order valence-corrected chi connectivity index (χ1v) is 17.1. The van der Waals surface area contributed by atoms with Crippen LogP contribution in [-0.4, -0.2) is 63.8 Å². The van der Waals surface area contributed by atoms with Gasteiger partial charge in [0.25, 0.3) is 0 Å². The smallest absolute Gasteiger partial charge is 0.245 e. The molecular formula is C27H30FN3O7S3. The first kappa shape index (κ1) is 29.7. The molecule has 41 heavy (non-hydrogen) atoms. The topological polar surface area (TPSA) is 132 Å². The van der Waals surface area contributed by atoms with Crippen molar-refractivity contribution in [2.75, 3.05) is 25.4 Å². The van der Waals surface area contributed by atoms with Crippen LogP contribution in [0.4, 0.5) is 4.39 Å². The average Bonchev–Trinajstić information content (AvgIpc) is 3.42. The summed E-state index contributed by atoms with van der Waals surface area (Å²) in [5.74, 6) is -1.55. The summed E-state index contributed by atoms with van der Waals surface area (Å²) in [4.78, 5) is 23.6. The molecule has 2 fully saturated rings. The summed E-state index contributed by atoms with van der Waals surface area (Å²) in [7, 11) is -8.11. The standard InChI is InChI=1S/C27H30FN3O7S3/c28-21-8-6-20(7-9-21)23-10-11-24(39-23)27(18-25(32)30-38-26-5-1-2-16-37-26)12-14-31(15-17-40(27,33)34)41(35,36)22-4-3-13-29-19-22/h3-4,6-11,13,19,26H,1-2,5,12,14-18H2,(H,30,32). The van der Waals surface area contributed by atoms with Crippen LogP contribution in [-0.2, 0) is 39.0 Å². The Labute approximate surface area is 242 Å². The Morgan fingerprint density at radius 2 is 1.98 bits per heavy atom. The molecule has 0 saturated carbocycles. The number of amides is 1. The summed E-state index contributed by atoms with van der Waals surface area (Å²) in [6.45, 7) is 0.0904. The van der Waals surface area contributed by atoms with Gasteiger partial charge in [-0.05, 0) is 61.2 Å². The van der Waals surface area contributed by atoms with Crippen LogP contribution in [0.1, 0.15) is 37.0 Å². The summed E-state index contributed by atoms with van der Waals surface area (Å²) < 4.78 is 73.2. The lowest BCUT2D eigenvalue weighted by Gasteiger charge is -2.31. The highest BCUT2D eigenvalue weighted by molar-refractivity contribution is 7.92. The van der Waals surface area contributed by atoms with Crippen molar-refractivity contribution in [3.05, 3.63) is 71.6 Å². The number of carbonyl (C=O) groups excluding carboxylic acids is 1. The molecule has 0 bridgehead atoms. The molecular weight excluding hydrogens is 594 g/mol. The maximum atomic E-state index is 14.0. The van der Waals surface area contributed by atoms with Crippen LogP contribution < -0.4 is 5.48 Å². The third kappa shape index (κ3) is 6.37. The van der Waals surface area contributed by atoms with Crippen molar-refractivity contribution in [1.82, 2.24) is 14.8 Å². The molecule has 2 aromatic heterocycles. The third-order valence-corrected chi connectivity index (χ3v) is 13.1. The highest BCUT2D eigenvalue weighted by atomic mass is 32.2. The Kier molecular flexibility index (Phi) is 8.87. The number of rotatable bonds is 8. The van der Waals surface area contributed by atoms with Crippen molar-refractivity contribution < 1.29 is 35.6 Å². The molecule has 2 aliphatic rings. The normalized spacial score (nSPS) is 23.5. The lowest BCUT2D eigenvalue weighted by atomic mass is 9.97. The maximum Gasteiger partial charge on any atom is 0.245 e. The van der Waals surface area contributed by atoms with Gasteiger partial charge in [-0.2, -0.15) is 4.31 Å². The van der Waals surface area contributed by atoms with Crippen molar-refractivity contribution in [2.24, 2.45) is 0 Å². The van der Waals surface area contributed by atoms with Crippen LogP contribution in [0.3, 0.4) is 0 Å². The zero-order valence-electron chi connectivity index (χ0n) is 22.1. The van der Waals surface area contributed by atoms with E-state index in [1.807, 2.05) is 0 Å².